The first kappa shape index (κ1) is 23.5. The third-order valence-electron chi connectivity index (χ3n) is 5.52. The molecule has 2 aliphatic rings. The maximum atomic E-state index is 12.0. The van der Waals surface area contributed by atoms with Gasteiger partial charge in [0.05, 0.1) is 17.9 Å². The van der Waals surface area contributed by atoms with Crippen molar-refractivity contribution in [2.45, 2.75) is 77.7 Å². The van der Waals surface area contributed by atoms with E-state index >= 15 is 0 Å². The Balaban J connectivity index is 0.000000231. The fourth-order valence-corrected chi connectivity index (χ4v) is 5.30. The molecule has 1 unspecified atom stereocenters. The number of nitrogens with zero attached hydrogens (tertiary/aromatic N) is 3. The predicted molar refractivity (Wildman–Crippen MR) is 121 cm³/mol. The van der Waals surface area contributed by atoms with Gasteiger partial charge in [-0.3, -0.25) is 4.79 Å². The van der Waals surface area contributed by atoms with Crippen molar-refractivity contribution >= 4 is 33.3 Å². The highest BCUT2D eigenvalue weighted by atomic mass is 32.1. The zero-order valence-corrected chi connectivity index (χ0v) is 19.3. The normalized spacial score (nSPS) is 18.5. The molecule has 2 N–H and O–H groups in total. The molecule has 2 aromatic heterocycles. The monoisotopic (exact) mass is 420 g/mol. The smallest absolute Gasteiger partial charge is 0.313 e. The number of aryl methyl sites for hydroxylation is 1. The molecule has 0 amide bonds. The van der Waals surface area contributed by atoms with Crippen LogP contribution in [0.1, 0.15) is 75.7 Å². The van der Waals surface area contributed by atoms with Crippen LogP contribution in [0.5, 0.6) is 0 Å². The Bertz CT molecular complexity index is 784. The molecule has 7 heteroatoms. The number of ether oxygens (including phenoxy) is 1. The summed E-state index contributed by atoms with van der Waals surface area (Å²) in [5.41, 5.74) is 6.91. The molecule has 0 radical (unpaired) electrons. The van der Waals surface area contributed by atoms with Crippen molar-refractivity contribution in [1.82, 2.24) is 14.9 Å². The molecule has 1 saturated carbocycles. The second-order valence-electron chi connectivity index (χ2n) is 7.48. The lowest BCUT2D eigenvalue weighted by Gasteiger charge is -2.27. The number of aromatic nitrogens is 2. The number of rotatable bonds is 3. The van der Waals surface area contributed by atoms with E-state index in [-0.39, 0.29) is 11.9 Å². The van der Waals surface area contributed by atoms with E-state index in [2.05, 4.69) is 29.0 Å². The summed E-state index contributed by atoms with van der Waals surface area (Å²) in [7, 11) is 4.38. The first-order chi connectivity index (χ1) is 14.0. The average Bonchev–Trinajstić information content (AvgIpc) is 3.30. The van der Waals surface area contributed by atoms with E-state index in [0.29, 0.717) is 12.4 Å². The van der Waals surface area contributed by atoms with E-state index in [0.717, 1.165) is 34.7 Å². The molecule has 0 saturated heterocycles. The molecular formula is C22H36N4O2S. The van der Waals surface area contributed by atoms with Gasteiger partial charge in [-0.1, -0.05) is 33.1 Å². The molecule has 4 rings (SSSR count). The van der Waals surface area contributed by atoms with Gasteiger partial charge >= 0.3 is 5.97 Å². The van der Waals surface area contributed by atoms with Gasteiger partial charge < -0.3 is 15.4 Å². The number of carbonyl (C=O) groups excluding carboxylic acids is 1. The minimum absolute atomic E-state index is 0.167. The van der Waals surface area contributed by atoms with Gasteiger partial charge in [-0.05, 0) is 52.3 Å². The summed E-state index contributed by atoms with van der Waals surface area (Å²) >= 11 is 1.60. The van der Waals surface area contributed by atoms with E-state index in [1.54, 1.807) is 11.3 Å². The number of anilines is 1. The van der Waals surface area contributed by atoms with E-state index in [1.807, 2.05) is 20.8 Å². The highest BCUT2D eigenvalue weighted by molar-refractivity contribution is 7.19. The fraction of sp³-hybridized carbons (Fsp3) is 0.682. The van der Waals surface area contributed by atoms with Gasteiger partial charge in [-0.2, -0.15) is 0 Å². The van der Waals surface area contributed by atoms with Gasteiger partial charge in [-0.25, -0.2) is 9.97 Å². The molecule has 0 aliphatic heterocycles. The number of nitrogens with two attached hydrogens (primary N) is 1. The SMILES string of the molecule is CC.CCOC(=O)C1CCc2sc3ncnc(N)c3c21.CN(C)C1CCCCC1. The molecule has 29 heavy (non-hydrogen) atoms. The lowest BCUT2D eigenvalue weighted by atomic mass is 9.95. The lowest BCUT2D eigenvalue weighted by molar-refractivity contribution is -0.144. The lowest BCUT2D eigenvalue weighted by Crippen LogP contribution is -2.29. The van der Waals surface area contributed by atoms with Crippen LogP contribution >= 0.6 is 11.3 Å². The summed E-state index contributed by atoms with van der Waals surface area (Å²) in [5.74, 6) is 0.0786. The van der Waals surface area contributed by atoms with Crippen LogP contribution in [0.2, 0.25) is 0 Å². The highest BCUT2D eigenvalue weighted by Gasteiger charge is 2.34. The molecule has 2 heterocycles. The highest BCUT2D eigenvalue weighted by Crippen LogP contribution is 2.45. The van der Waals surface area contributed by atoms with Crippen LogP contribution < -0.4 is 5.73 Å². The van der Waals surface area contributed by atoms with Crippen LogP contribution in [0.25, 0.3) is 10.2 Å². The van der Waals surface area contributed by atoms with E-state index in [4.69, 9.17) is 10.5 Å². The van der Waals surface area contributed by atoms with Gasteiger partial charge in [0.25, 0.3) is 0 Å². The Morgan fingerprint density at radius 2 is 1.90 bits per heavy atom. The second kappa shape index (κ2) is 11.5. The summed E-state index contributed by atoms with van der Waals surface area (Å²) in [5, 5.41) is 0.841. The third kappa shape index (κ3) is 5.66. The summed E-state index contributed by atoms with van der Waals surface area (Å²) in [6.07, 6.45) is 10.3. The van der Waals surface area contributed by atoms with Crippen LogP contribution in [-0.2, 0) is 16.0 Å². The second-order valence-corrected chi connectivity index (χ2v) is 8.56. The maximum absolute atomic E-state index is 12.0. The number of nitrogen functional groups attached to an aromatic ring is 1. The van der Waals surface area contributed by atoms with Crippen molar-refractivity contribution in [2.75, 3.05) is 26.4 Å². The van der Waals surface area contributed by atoms with Gasteiger partial charge in [0.2, 0.25) is 0 Å². The fourth-order valence-electron chi connectivity index (χ4n) is 4.07. The Morgan fingerprint density at radius 1 is 1.21 bits per heavy atom. The first-order valence-corrected chi connectivity index (χ1v) is 11.7. The summed E-state index contributed by atoms with van der Waals surface area (Å²) in [4.78, 5) is 24.6. The minimum atomic E-state index is -0.206. The minimum Gasteiger partial charge on any atom is -0.466 e. The molecule has 1 atom stereocenters. The zero-order valence-electron chi connectivity index (χ0n) is 18.5. The number of esters is 1. The molecule has 0 spiro atoms. The number of hydrogen-bond acceptors (Lipinski definition) is 7. The Hall–Kier alpha value is -1.73. The van der Waals surface area contributed by atoms with Crippen molar-refractivity contribution in [1.29, 1.82) is 0 Å². The predicted octanol–water partition coefficient (Wildman–Crippen LogP) is 4.77. The Kier molecular flexibility index (Phi) is 9.30. The van der Waals surface area contributed by atoms with Crippen molar-refractivity contribution in [3.8, 4) is 0 Å². The average molecular weight is 421 g/mol. The van der Waals surface area contributed by atoms with Crippen LogP contribution in [0.3, 0.4) is 0 Å². The van der Waals surface area contributed by atoms with Crippen molar-refractivity contribution in [3.05, 3.63) is 16.8 Å². The van der Waals surface area contributed by atoms with Crippen molar-refractivity contribution in [3.63, 3.8) is 0 Å². The first-order valence-electron chi connectivity index (χ1n) is 10.9. The summed E-state index contributed by atoms with van der Waals surface area (Å²) in [6.45, 7) is 6.22. The molecule has 1 fully saturated rings. The van der Waals surface area contributed by atoms with Gasteiger partial charge in [-0.15, -0.1) is 11.3 Å². The number of fused-ring (bicyclic) bond motifs is 3. The third-order valence-corrected chi connectivity index (χ3v) is 6.69. The van der Waals surface area contributed by atoms with Gasteiger partial charge in [0.15, 0.2) is 0 Å². The molecule has 0 aromatic carbocycles. The van der Waals surface area contributed by atoms with Crippen molar-refractivity contribution < 1.29 is 9.53 Å². The summed E-state index contributed by atoms with van der Waals surface area (Å²) in [6, 6.07) is 0.888. The van der Waals surface area contributed by atoms with Crippen LogP contribution in [0, 0.1) is 0 Å². The van der Waals surface area contributed by atoms with Crippen LogP contribution in [0.4, 0.5) is 5.82 Å². The number of carbonyl (C=O) groups is 1. The zero-order chi connectivity index (χ0) is 21.4. The van der Waals surface area contributed by atoms with Crippen molar-refractivity contribution in [2.24, 2.45) is 0 Å². The molecule has 162 valence electrons. The van der Waals surface area contributed by atoms with E-state index in [9.17, 15) is 4.79 Å². The molecule has 2 aromatic rings. The number of thiophene rings is 1. The largest absolute Gasteiger partial charge is 0.466 e. The van der Waals surface area contributed by atoms with E-state index < -0.39 is 0 Å². The molecular weight excluding hydrogens is 384 g/mol. The van der Waals surface area contributed by atoms with E-state index in [1.165, 1.54) is 43.3 Å². The van der Waals surface area contributed by atoms with Crippen LogP contribution in [-0.4, -0.2) is 47.6 Å². The molecule has 6 nitrogen and oxygen atoms in total. The quantitative estimate of drug-likeness (QED) is 0.720. The topological polar surface area (TPSA) is 81.3 Å². The molecule has 0 bridgehead atoms. The Morgan fingerprint density at radius 3 is 2.48 bits per heavy atom. The summed E-state index contributed by atoms with van der Waals surface area (Å²) < 4.78 is 5.12. The Labute approximate surface area is 178 Å². The van der Waals surface area contributed by atoms with Gasteiger partial charge in [0.1, 0.15) is 17.0 Å². The number of hydrogen-bond donors (Lipinski definition) is 1. The standard InChI is InChI=1S/C12H13N3O2S.C8H17N.C2H6/c1-2-17-12(16)6-3-4-7-8(6)9-10(13)14-5-15-11(9)18-7;1-9(2)8-6-4-3-5-7-8;1-2/h5-6H,2-4H2,1H3,(H2,13,14,15);8H,3-7H2,1-2H3;1-2H3. The molecule has 2 aliphatic carbocycles. The van der Waals surface area contributed by atoms with Crippen LogP contribution in [0.15, 0.2) is 6.33 Å². The maximum Gasteiger partial charge on any atom is 0.313 e. The van der Waals surface area contributed by atoms with Gasteiger partial charge in [0, 0.05) is 10.9 Å².